The first-order valence-electron chi connectivity index (χ1n) is 5.66. The predicted octanol–water partition coefficient (Wildman–Crippen LogP) is 0.726. The Morgan fingerprint density at radius 2 is 2.35 bits per heavy atom. The van der Waals surface area contributed by atoms with Gasteiger partial charge in [-0.15, -0.1) is 5.92 Å². The molecule has 2 nitrogen and oxygen atoms in total. The summed E-state index contributed by atoms with van der Waals surface area (Å²) in [5.74, 6) is 1.50. The molecule has 0 aliphatic carbocycles. The first-order valence-corrected chi connectivity index (χ1v) is 6.54. The van der Waals surface area contributed by atoms with Gasteiger partial charge in [-0.2, -0.15) is 0 Å². The number of hydrogen-bond donors (Lipinski definition) is 0. The molecule has 0 amide bonds. The van der Waals surface area contributed by atoms with Crippen molar-refractivity contribution in [2.45, 2.75) is 30.6 Å². The van der Waals surface area contributed by atoms with E-state index in [1.165, 1.54) is 4.90 Å². The first-order chi connectivity index (χ1) is 7.78. The van der Waals surface area contributed by atoms with Crippen molar-refractivity contribution in [1.29, 1.82) is 0 Å². The standard InChI is InChI=1S/C13H17O2S.Cs/c1-3-14-11-5-4-6-12(8-11)16-13-7-10(2)9-15-13;/h4-6,8-10,13H,3,7H2,1-2H3;/q-1;+1/t10-,13?;/m1./s1. The molecule has 1 saturated heterocycles. The Bertz CT molecular complexity index is 346. The largest absolute Gasteiger partial charge is 1.00 e. The maximum Gasteiger partial charge on any atom is 1.00 e. The average molecular weight is 370 g/mol. The van der Waals surface area contributed by atoms with Crippen molar-refractivity contribution in [1.82, 2.24) is 0 Å². The van der Waals surface area contributed by atoms with E-state index in [-0.39, 0.29) is 74.3 Å². The molecular weight excluding hydrogens is 353 g/mol. The molecular formula is C13H17CsO2S. The van der Waals surface area contributed by atoms with Crippen molar-refractivity contribution >= 4 is 11.8 Å². The van der Waals surface area contributed by atoms with E-state index in [1.54, 1.807) is 11.8 Å². The molecule has 0 radical (unpaired) electrons. The molecule has 0 aromatic heterocycles. The first kappa shape index (κ1) is 16.4. The third-order valence-corrected chi connectivity index (χ3v) is 3.50. The van der Waals surface area contributed by atoms with Crippen molar-refractivity contribution in [3.8, 4) is 5.75 Å². The summed E-state index contributed by atoms with van der Waals surface area (Å²) in [6.45, 7) is 6.82. The second kappa shape index (κ2) is 8.53. The zero-order chi connectivity index (χ0) is 11.4. The van der Waals surface area contributed by atoms with Crippen LogP contribution in [0.3, 0.4) is 0 Å². The van der Waals surface area contributed by atoms with Crippen molar-refractivity contribution in [2.75, 3.05) is 6.61 Å². The molecule has 0 saturated carbocycles. The number of rotatable bonds is 4. The summed E-state index contributed by atoms with van der Waals surface area (Å²) in [6, 6.07) is 8.17. The summed E-state index contributed by atoms with van der Waals surface area (Å²) in [5.41, 5.74) is 0.256. The zero-order valence-corrected chi connectivity index (χ0v) is 17.8. The van der Waals surface area contributed by atoms with Gasteiger partial charge in [-0.1, -0.05) is 24.8 Å². The molecule has 2 rings (SSSR count). The Hall–Kier alpha value is 1.38. The third kappa shape index (κ3) is 5.49. The van der Waals surface area contributed by atoms with Gasteiger partial charge < -0.3 is 9.47 Å². The Morgan fingerprint density at radius 3 is 3.00 bits per heavy atom. The number of ether oxygens (including phenoxy) is 2. The summed E-state index contributed by atoms with van der Waals surface area (Å²) < 4.78 is 11.0. The van der Waals surface area contributed by atoms with Gasteiger partial charge in [0.05, 0.1) is 12.0 Å². The maximum atomic E-state index is 5.57. The fourth-order valence-electron chi connectivity index (χ4n) is 1.67. The van der Waals surface area contributed by atoms with Crippen LogP contribution in [0.5, 0.6) is 5.75 Å². The molecule has 1 heterocycles. The van der Waals surface area contributed by atoms with Crippen LogP contribution in [0, 0.1) is 12.5 Å². The Kier molecular flexibility index (Phi) is 8.25. The topological polar surface area (TPSA) is 18.5 Å². The van der Waals surface area contributed by atoms with Gasteiger partial charge in [0.1, 0.15) is 5.75 Å². The Labute approximate surface area is 167 Å². The van der Waals surface area contributed by atoms with Crippen molar-refractivity contribution in [2.24, 2.45) is 5.92 Å². The second-order valence-corrected chi connectivity index (χ2v) is 5.17. The van der Waals surface area contributed by atoms with Crippen LogP contribution < -0.4 is 73.6 Å². The van der Waals surface area contributed by atoms with Gasteiger partial charge in [0.25, 0.3) is 0 Å². The molecule has 1 fully saturated rings. The summed E-state index contributed by atoms with van der Waals surface area (Å²) in [7, 11) is 0. The molecule has 1 aliphatic rings. The summed E-state index contributed by atoms with van der Waals surface area (Å²) in [5, 5.41) is 0. The zero-order valence-electron chi connectivity index (χ0n) is 10.7. The SMILES string of the molecule is CCOc1cccc(SC2C[C@@H](C)[CH-]O2)c1.[Cs+]. The molecule has 1 aromatic carbocycles. The van der Waals surface area contributed by atoms with E-state index in [1.807, 2.05) is 25.7 Å². The minimum atomic E-state index is 0. The molecule has 0 bridgehead atoms. The van der Waals surface area contributed by atoms with Crippen LogP contribution in [-0.4, -0.2) is 12.0 Å². The normalized spacial score (nSPS) is 23.2. The fraction of sp³-hybridized carbons (Fsp3) is 0.462. The molecule has 17 heavy (non-hydrogen) atoms. The number of hydrogen-bond acceptors (Lipinski definition) is 3. The van der Waals surface area contributed by atoms with Gasteiger partial charge in [-0.25, -0.2) is 6.61 Å². The molecule has 2 atom stereocenters. The van der Waals surface area contributed by atoms with Crippen LogP contribution in [0.25, 0.3) is 0 Å². The van der Waals surface area contributed by atoms with Gasteiger partial charge in [0, 0.05) is 4.90 Å². The molecule has 1 aliphatic heterocycles. The minimum absolute atomic E-state index is 0. The number of benzene rings is 1. The van der Waals surface area contributed by atoms with E-state index >= 15 is 0 Å². The van der Waals surface area contributed by atoms with Crippen LogP contribution in [0.2, 0.25) is 0 Å². The molecule has 88 valence electrons. The van der Waals surface area contributed by atoms with Gasteiger partial charge in [0.2, 0.25) is 0 Å². The summed E-state index contributed by atoms with van der Waals surface area (Å²) in [6.07, 6.45) is 1.09. The third-order valence-electron chi connectivity index (χ3n) is 2.41. The number of thioether (sulfide) groups is 1. The molecule has 1 aromatic rings. The van der Waals surface area contributed by atoms with E-state index in [0.717, 1.165) is 12.2 Å². The minimum Gasteiger partial charge on any atom is -0.542 e. The molecule has 0 spiro atoms. The van der Waals surface area contributed by atoms with E-state index in [4.69, 9.17) is 9.47 Å². The second-order valence-electron chi connectivity index (χ2n) is 3.94. The Balaban J connectivity index is 0.00000144. The Morgan fingerprint density at radius 1 is 1.53 bits per heavy atom. The van der Waals surface area contributed by atoms with E-state index in [0.29, 0.717) is 12.5 Å². The van der Waals surface area contributed by atoms with Crippen molar-refractivity contribution in [3.63, 3.8) is 0 Å². The predicted molar refractivity (Wildman–Crippen MR) is 66.4 cm³/mol. The van der Waals surface area contributed by atoms with Crippen LogP contribution in [0.4, 0.5) is 0 Å². The van der Waals surface area contributed by atoms with Crippen LogP contribution in [0.15, 0.2) is 29.2 Å². The van der Waals surface area contributed by atoms with E-state index in [9.17, 15) is 0 Å². The molecule has 1 unspecified atom stereocenters. The van der Waals surface area contributed by atoms with Crippen molar-refractivity contribution in [3.05, 3.63) is 30.9 Å². The summed E-state index contributed by atoms with van der Waals surface area (Å²) in [4.78, 5) is 1.21. The quantitative estimate of drug-likeness (QED) is 0.729. The van der Waals surface area contributed by atoms with Crippen LogP contribution in [-0.2, 0) is 4.74 Å². The van der Waals surface area contributed by atoms with E-state index in [2.05, 4.69) is 19.1 Å². The van der Waals surface area contributed by atoms with Crippen LogP contribution in [0.1, 0.15) is 20.3 Å². The maximum absolute atomic E-state index is 5.57. The van der Waals surface area contributed by atoms with Gasteiger partial charge >= 0.3 is 68.9 Å². The van der Waals surface area contributed by atoms with E-state index < -0.39 is 0 Å². The smallest absolute Gasteiger partial charge is 0.542 e. The van der Waals surface area contributed by atoms with Gasteiger partial charge in [0.15, 0.2) is 0 Å². The molecule has 4 heteroatoms. The fourth-order valence-corrected chi connectivity index (χ4v) is 2.83. The monoisotopic (exact) mass is 370 g/mol. The van der Waals surface area contributed by atoms with Crippen LogP contribution >= 0.6 is 11.8 Å². The summed E-state index contributed by atoms with van der Waals surface area (Å²) >= 11 is 1.76. The molecule has 0 N–H and O–H groups in total. The average Bonchev–Trinajstić information content (AvgIpc) is 2.65. The van der Waals surface area contributed by atoms with Gasteiger partial charge in [-0.05, 0) is 31.5 Å². The van der Waals surface area contributed by atoms with Gasteiger partial charge in [-0.3, -0.25) is 0 Å². The van der Waals surface area contributed by atoms with Crippen molar-refractivity contribution < 1.29 is 78.4 Å².